The summed E-state index contributed by atoms with van der Waals surface area (Å²) in [6, 6.07) is 7.71. The Labute approximate surface area is 126 Å². The minimum atomic E-state index is -1.57. The van der Waals surface area contributed by atoms with Gasteiger partial charge in [-0.25, -0.2) is 4.79 Å². The Hall–Kier alpha value is -1.71. The van der Waals surface area contributed by atoms with Gasteiger partial charge in [0.2, 0.25) is 0 Å². The zero-order chi connectivity index (χ0) is 16.1. The SMILES string of the molecule is O=C(N[C@@H]1[C@H](O)[C@@H](O)[C@@H](CO)O[C@H]1O)OCc1ccccc1. The lowest BCUT2D eigenvalue weighted by atomic mass is 9.97. The van der Waals surface area contributed by atoms with Crippen molar-refractivity contribution in [2.75, 3.05) is 6.61 Å². The van der Waals surface area contributed by atoms with Crippen LogP contribution in [0.2, 0.25) is 0 Å². The summed E-state index contributed by atoms with van der Waals surface area (Å²) < 4.78 is 9.88. The standard InChI is InChI=1S/C14H19NO7/c16-6-9-11(17)12(18)10(13(19)22-9)15-14(20)21-7-8-4-2-1-3-5-8/h1-5,9-13,16-19H,6-7H2,(H,15,20)/t9-,10-,11+,12+,13-/m1/s1. The Kier molecular flexibility index (Phi) is 5.69. The number of aliphatic hydroxyl groups excluding tert-OH is 4. The lowest BCUT2D eigenvalue weighted by molar-refractivity contribution is -0.253. The van der Waals surface area contributed by atoms with Gasteiger partial charge >= 0.3 is 6.09 Å². The van der Waals surface area contributed by atoms with Gasteiger partial charge in [0.1, 0.15) is 31.0 Å². The van der Waals surface area contributed by atoms with Gasteiger partial charge in [0.25, 0.3) is 0 Å². The first-order valence-corrected chi connectivity index (χ1v) is 6.80. The van der Waals surface area contributed by atoms with Crippen LogP contribution in [0.3, 0.4) is 0 Å². The summed E-state index contributed by atoms with van der Waals surface area (Å²) in [5.41, 5.74) is 0.777. The topological polar surface area (TPSA) is 128 Å². The quantitative estimate of drug-likeness (QED) is 0.468. The Morgan fingerprint density at radius 2 is 1.86 bits per heavy atom. The second kappa shape index (κ2) is 7.52. The van der Waals surface area contributed by atoms with E-state index in [0.29, 0.717) is 0 Å². The molecule has 1 aliphatic rings. The van der Waals surface area contributed by atoms with Gasteiger partial charge in [0.15, 0.2) is 6.29 Å². The number of alkyl carbamates (subject to hydrolysis) is 1. The molecule has 22 heavy (non-hydrogen) atoms. The van der Waals surface area contributed by atoms with Crippen molar-refractivity contribution < 1.29 is 34.7 Å². The van der Waals surface area contributed by atoms with Crippen LogP contribution in [-0.2, 0) is 16.1 Å². The molecular formula is C14H19NO7. The molecule has 0 unspecified atom stereocenters. The van der Waals surface area contributed by atoms with Gasteiger partial charge in [-0.05, 0) is 5.56 Å². The van der Waals surface area contributed by atoms with E-state index in [0.717, 1.165) is 5.56 Å². The summed E-state index contributed by atoms with van der Waals surface area (Å²) in [6.45, 7) is -0.547. The molecule has 1 heterocycles. The summed E-state index contributed by atoms with van der Waals surface area (Å²) in [6.07, 6.45) is -6.49. The van der Waals surface area contributed by atoms with Gasteiger partial charge in [0.05, 0.1) is 6.61 Å². The summed E-state index contributed by atoms with van der Waals surface area (Å²) in [5.74, 6) is 0. The maximum atomic E-state index is 11.7. The van der Waals surface area contributed by atoms with E-state index >= 15 is 0 Å². The minimum absolute atomic E-state index is 0.0221. The maximum Gasteiger partial charge on any atom is 0.407 e. The second-order valence-corrected chi connectivity index (χ2v) is 4.96. The number of benzene rings is 1. The molecule has 1 fully saturated rings. The minimum Gasteiger partial charge on any atom is -0.445 e. The van der Waals surface area contributed by atoms with E-state index in [2.05, 4.69) is 5.32 Å². The van der Waals surface area contributed by atoms with E-state index in [4.69, 9.17) is 14.6 Å². The maximum absolute atomic E-state index is 11.7. The molecule has 8 heteroatoms. The Morgan fingerprint density at radius 3 is 2.50 bits per heavy atom. The van der Waals surface area contributed by atoms with Crippen molar-refractivity contribution >= 4 is 6.09 Å². The van der Waals surface area contributed by atoms with E-state index in [1.807, 2.05) is 6.07 Å². The van der Waals surface area contributed by atoms with Gasteiger partial charge in [-0.3, -0.25) is 0 Å². The van der Waals surface area contributed by atoms with Crippen LogP contribution in [0, 0.1) is 0 Å². The van der Waals surface area contributed by atoms with Crippen LogP contribution in [0.4, 0.5) is 4.79 Å². The third-order valence-electron chi connectivity index (χ3n) is 3.40. The van der Waals surface area contributed by atoms with E-state index in [9.17, 15) is 20.1 Å². The highest BCUT2D eigenvalue weighted by Gasteiger charge is 2.44. The second-order valence-electron chi connectivity index (χ2n) is 4.96. The largest absolute Gasteiger partial charge is 0.445 e. The molecule has 1 saturated heterocycles. The van der Waals surface area contributed by atoms with Gasteiger partial charge < -0.3 is 35.2 Å². The predicted octanol–water partition coefficient (Wildman–Crippen LogP) is -1.29. The Morgan fingerprint density at radius 1 is 1.18 bits per heavy atom. The van der Waals surface area contributed by atoms with E-state index in [1.54, 1.807) is 24.3 Å². The average molecular weight is 313 g/mol. The van der Waals surface area contributed by atoms with Gasteiger partial charge in [-0.2, -0.15) is 0 Å². The first-order chi connectivity index (χ1) is 10.5. The molecule has 2 rings (SSSR count). The molecule has 5 atom stereocenters. The van der Waals surface area contributed by atoms with Crippen molar-refractivity contribution in [3.63, 3.8) is 0 Å². The zero-order valence-electron chi connectivity index (χ0n) is 11.7. The van der Waals surface area contributed by atoms with Crippen molar-refractivity contribution in [2.45, 2.75) is 37.3 Å². The third-order valence-corrected chi connectivity index (χ3v) is 3.40. The molecule has 0 aliphatic carbocycles. The average Bonchev–Trinajstić information content (AvgIpc) is 2.54. The number of hydrogen-bond donors (Lipinski definition) is 5. The highest BCUT2D eigenvalue weighted by atomic mass is 16.6. The molecule has 0 aromatic heterocycles. The van der Waals surface area contributed by atoms with E-state index < -0.39 is 43.3 Å². The van der Waals surface area contributed by atoms with Crippen LogP contribution in [0.15, 0.2) is 30.3 Å². The number of carbonyl (C=O) groups excluding carboxylic acids is 1. The van der Waals surface area contributed by atoms with Crippen LogP contribution >= 0.6 is 0 Å². The number of aliphatic hydroxyl groups is 4. The fourth-order valence-electron chi connectivity index (χ4n) is 2.15. The highest BCUT2D eigenvalue weighted by Crippen LogP contribution is 2.19. The lowest BCUT2D eigenvalue weighted by Gasteiger charge is -2.39. The monoisotopic (exact) mass is 313 g/mol. The summed E-state index contributed by atoms with van der Waals surface area (Å²) in [5, 5.41) is 40.5. The van der Waals surface area contributed by atoms with Crippen molar-refractivity contribution in [3.8, 4) is 0 Å². The molecule has 1 aliphatic heterocycles. The molecule has 0 radical (unpaired) electrons. The molecular weight excluding hydrogens is 294 g/mol. The summed E-state index contributed by atoms with van der Waals surface area (Å²) in [7, 11) is 0. The Bertz CT molecular complexity index is 483. The number of carbonyl (C=O) groups is 1. The molecule has 0 bridgehead atoms. The van der Waals surface area contributed by atoms with Gasteiger partial charge in [-0.15, -0.1) is 0 Å². The van der Waals surface area contributed by atoms with Crippen LogP contribution in [0.5, 0.6) is 0 Å². The van der Waals surface area contributed by atoms with Gasteiger partial charge in [-0.1, -0.05) is 30.3 Å². The van der Waals surface area contributed by atoms with Crippen molar-refractivity contribution in [1.29, 1.82) is 0 Å². The summed E-state index contributed by atoms with van der Waals surface area (Å²) in [4.78, 5) is 11.7. The van der Waals surface area contributed by atoms with Crippen LogP contribution in [0.1, 0.15) is 5.56 Å². The lowest BCUT2D eigenvalue weighted by Crippen LogP contribution is -2.64. The first kappa shape index (κ1) is 16.7. The predicted molar refractivity (Wildman–Crippen MR) is 73.5 cm³/mol. The van der Waals surface area contributed by atoms with Crippen LogP contribution in [0.25, 0.3) is 0 Å². The third kappa shape index (κ3) is 3.93. The zero-order valence-corrected chi connectivity index (χ0v) is 11.7. The number of amides is 1. The molecule has 0 spiro atoms. The fraction of sp³-hybridized carbons (Fsp3) is 0.500. The summed E-state index contributed by atoms with van der Waals surface area (Å²) >= 11 is 0. The highest BCUT2D eigenvalue weighted by molar-refractivity contribution is 5.67. The normalized spacial score (nSPS) is 31.5. The molecule has 5 N–H and O–H groups in total. The smallest absolute Gasteiger partial charge is 0.407 e. The molecule has 8 nitrogen and oxygen atoms in total. The fourth-order valence-corrected chi connectivity index (χ4v) is 2.15. The molecule has 1 amide bonds. The van der Waals surface area contributed by atoms with Crippen molar-refractivity contribution in [1.82, 2.24) is 5.32 Å². The number of rotatable bonds is 4. The van der Waals surface area contributed by atoms with E-state index in [1.165, 1.54) is 0 Å². The molecule has 122 valence electrons. The number of hydrogen-bond acceptors (Lipinski definition) is 7. The van der Waals surface area contributed by atoms with E-state index in [-0.39, 0.29) is 6.61 Å². The molecule has 1 aromatic rings. The number of nitrogens with one attached hydrogen (secondary N) is 1. The van der Waals surface area contributed by atoms with Crippen LogP contribution < -0.4 is 5.32 Å². The molecule has 0 saturated carbocycles. The first-order valence-electron chi connectivity index (χ1n) is 6.80. The number of ether oxygens (including phenoxy) is 2. The van der Waals surface area contributed by atoms with Crippen molar-refractivity contribution in [3.05, 3.63) is 35.9 Å². The van der Waals surface area contributed by atoms with Gasteiger partial charge in [0, 0.05) is 0 Å². The Balaban J connectivity index is 1.87. The van der Waals surface area contributed by atoms with Crippen LogP contribution in [-0.4, -0.2) is 63.8 Å². The molecule has 1 aromatic carbocycles. The van der Waals surface area contributed by atoms with Crippen molar-refractivity contribution in [2.24, 2.45) is 0 Å².